The molecule has 0 radical (unpaired) electrons. The third-order valence-electron chi connectivity index (χ3n) is 2.52. The highest BCUT2D eigenvalue weighted by molar-refractivity contribution is 4.91. The van der Waals surface area contributed by atoms with Crippen molar-refractivity contribution >= 4 is 0 Å². The number of hydrogen-bond donors (Lipinski definition) is 1. The predicted molar refractivity (Wildman–Crippen MR) is 59.2 cm³/mol. The van der Waals surface area contributed by atoms with Crippen LogP contribution < -0.4 is 5.32 Å². The first-order valence-corrected chi connectivity index (χ1v) is 5.41. The van der Waals surface area contributed by atoms with E-state index in [-0.39, 0.29) is 0 Å². The Morgan fingerprint density at radius 2 is 2.36 bits per heavy atom. The van der Waals surface area contributed by atoms with E-state index in [0.29, 0.717) is 0 Å². The molecule has 0 aromatic carbocycles. The van der Waals surface area contributed by atoms with Gasteiger partial charge in [0.1, 0.15) is 5.82 Å². The van der Waals surface area contributed by atoms with Crippen LogP contribution in [0.25, 0.3) is 0 Å². The summed E-state index contributed by atoms with van der Waals surface area (Å²) in [4.78, 5) is 4.31. The summed E-state index contributed by atoms with van der Waals surface area (Å²) in [6.45, 7) is 6.60. The first kappa shape index (κ1) is 11.2. The van der Waals surface area contributed by atoms with Crippen molar-refractivity contribution in [2.75, 3.05) is 13.1 Å². The van der Waals surface area contributed by atoms with E-state index in [1.165, 1.54) is 12.2 Å². The average molecular weight is 195 g/mol. The highest BCUT2D eigenvalue weighted by Gasteiger charge is 2.04. The molecule has 1 unspecified atom stereocenters. The fourth-order valence-electron chi connectivity index (χ4n) is 1.51. The van der Waals surface area contributed by atoms with Crippen LogP contribution in [0.15, 0.2) is 12.4 Å². The Balaban J connectivity index is 2.23. The maximum atomic E-state index is 4.31. The van der Waals surface area contributed by atoms with Crippen LogP contribution in [0.2, 0.25) is 0 Å². The van der Waals surface area contributed by atoms with Gasteiger partial charge in [0.25, 0.3) is 0 Å². The fraction of sp³-hybridized carbons (Fsp3) is 0.727. The van der Waals surface area contributed by atoms with Gasteiger partial charge in [0.15, 0.2) is 0 Å². The van der Waals surface area contributed by atoms with Gasteiger partial charge in [0.05, 0.1) is 0 Å². The van der Waals surface area contributed by atoms with Crippen molar-refractivity contribution in [1.29, 1.82) is 0 Å². The summed E-state index contributed by atoms with van der Waals surface area (Å²) >= 11 is 0. The summed E-state index contributed by atoms with van der Waals surface area (Å²) in [5.74, 6) is 1.92. The molecule has 3 nitrogen and oxygen atoms in total. The number of imidazole rings is 1. The van der Waals surface area contributed by atoms with Crippen LogP contribution in [0.1, 0.15) is 26.1 Å². The van der Waals surface area contributed by atoms with Gasteiger partial charge in [0, 0.05) is 25.9 Å². The Bertz CT molecular complexity index is 255. The van der Waals surface area contributed by atoms with E-state index in [9.17, 15) is 0 Å². The molecule has 0 saturated carbocycles. The van der Waals surface area contributed by atoms with E-state index in [2.05, 4.69) is 35.8 Å². The van der Waals surface area contributed by atoms with Crippen molar-refractivity contribution in [3.8, 4) is 0 Å². The largest absolute Gasteiger partial charge is 0.338 e. The SMILES string of the molecule is CCNCC(C)CCc1nccn1C. The molecule has 80 valence electrons. The van der Waals surface area contributed by atoms with Gasteiger partial charge in [-0.1, -0.05) is 13.8 Å². The number of nitrogens with zero attached hydrogens (tertiary/aromatic N) is 2. The zero-order chi connectivity index (χ0) is 10.4. The number of aryl methyl sites for hydroxylation is 2. The second-order valence-electron chi connectivity index (χ2n) is 3.91. The van der Waals surface area contributed by atoms with Gasteiger partial charge in [-0.25, -0.2) is 4.98 Å². The van der Waals surface area contributed by atoms with Crippen LogP contribution in [0.5, 0.6) is 0 Å². The highest BCUT2D eigenvalue weighted by Crippen LogP contribution is 2.06. The molecule has 0 fully saturated rings. The Morgan fingerprint density at radius 1 is 1.57 bits per heavy atom. The second kappa shape index (κ2) is 5.81. The van der Waals surface area contributed by atoms with Crippen molar-refractivity contribution < 1.29 is 0 Å². The number of rotatable bonds is 6. The number of nitrogens with one attached hydrogen (secondary N) is 1. The van der Waals surface area contributed by atoms with Crippen molar-refractivity contribution in [3.05, 3.63) is 18.2 Å². The van der Waals surface area contributed by atoms with E-state index >= 15 is 0 Å². The van der Waals surface area contributed by atoms with Crippen LogP contribution >= 0.6 is 0 Å². The van der Waals surface area contributed by atoms with E-state index in [1.54, 1.807) is 0 Å². The molecule has 0 aliphatic carbocycles. The summed E-state index contributed by atoms with van der Waals surface area (Å²) in [7, 11) is 2.05. The first-order chi connectivity index (χ1) is 6.74. The smallest absolute Gasteiger partial charge is 0.108 e. The normalized spacial score (nSPS) is 13.1. The molecule has 3 heteroatoms. The fourth-order valence-corrected chi connectivity index (χ4v) is 1.51. The molecule has 0 amide bonds. The molecule has 0 aliphatic heterocycles. The number of aromatic nitrogens is 2. The molecule has 14 heavy (non-hydrogen) atoms. The Hall–Kier alpha value is -0.830. The zero-order valence-electron chi connectivity index (χ0n) is 9.45. The van der Waals surface area contributed by atoms with Crippen molar-refractivity contribution in [2.24, 2.45) is 13.0 Å². The van der Waals surface area contributed by atoms with E-state index in [1.807, 2.05) is 12.4 Å². The molecule has 1 heterocycles. The van der Waals surface area contributed by atoms with E-state index in [0.717, 1.165) is 25.4 Å². The summed E-state index contributed by atoms with van der Waals surface area (Å²) < 4.78 is 2.10. The van der Waals surface area contributed by atoms with Gasteiger partial charge >= 0.3 is 0 Å². The van der Waals surface area contributed by atoms with Crippen LogP contribution in [0.4, 0.5) is 0 Å². The van der Waals surface area contributed by atoms with E-state index in [4.69, 9.17) is 0 Å². The van der Waals surface area contributed by atoms with Gasteiger partial charge < -0.3 is 9.88 Å². The minimum Gasteiger partial charge on any atom is -0.338 e. The third-order valence-corrected chi connectivity index (χ3v) is 2.52. The van der Waals surface area contributed by atoms with Crippen LogP contribution in [-0.2, 0) is 13.5 Å². The summed E-state index contributed by atoms with van der Waals surface area (Å²) in [5, 5.41) is 3.37. The molecule has 1 N–H and O–H groups in total. The Morgan fingerprint density at radius 3 is 2.93 bits per heavy atom. The summed E-state index contributed by atoms with van der Waals surface area (Å²) in [6.07, 6.45) is 6.16. The molecule has 1 atom stereocenters. The van der Waals surface area contributed by atoms with Crippen LogP contribution in [-0.4, -0.2) is 22.6 Å². The first-order valence-electron chi connectivity index (χ1n) is 5.41. The van der Waals surface area contributed by atoms with Crippen molar-refractivity contribution in [2.45, 2.75) is 26.7 Å². The lowest BCUT2D eigenvalue weighted by atomic mass is 10.1. The molecular formula is C11H21N3. The molecule has 1 aromatic rings. The Kier molecular flexibility index (Phi) is 4.66. The lowest BCUT2D eigenvalue weighted by Gasteiger charge is -2.11. The standard InChI is InChI=1S/C11H21N3/c1-4-12-9-10(2)5-6-11-13-7-8-14(11)3/h7-8,10,12H,4-6,9H2,1-3H3. The minimum absolute atomic E-state index is 0.728. The molecule has 1 aromatic heterocycles. The van der Waals surface area contributed by atoms with E-state index < -0.39 is 0 Å². The molecular weight excluding hydrogens is 174 g/mol. The number of hydrogen-bond acceptors (Lipinski definition) is 2. The molecule has 0 saturated heterocycles. The average Bonchev–Trinajstić information content (AvgIpc) is 2.58. The summed E-state index contributed by atoms with van der Waals surface area (Å²) in [6, 6.07) is 0. The molecule has 0 bridgehead atoms. The van der Waals surface area contributed by atoms with Gasteiger partial charge in [-0.2, -0.15) is 0 Å². The molecule has 1 rings (SSSR count). The molecule has 0 aliphatic rings. The van der Waals surface area contributed by atoms with Crippen LogP contribution in [0, 0.1) is 5.92 Å². The van der Waals surface area contributed by atoms with Gasteiger partial charge in [0.2, 0.25) is 0 Å². The molecule has 0 spiro atoms. The van der Waals surface area contributed by atoms with Gasteiger partial charge in [-0.3, -0.25) is 0 Å². The second-order valence-corrected chi connectivity index (χ2v) is 3.91. The predicted octanol–water partition coefficient (Wildman–Crippen LogP) is 1.60. The Labute approximate surface area is 86.5 Å². The van der Waals surface area contributed by atoms with Crippen LogP contribution in [0.3, 0.4) is 0 Å². The highest BCUT2D eigenvalue weighted by atomic mass is 15.0. The van der Waals surface area contributed by atoms with Crippen molar-refractivity contribution in [1.82, 2.24) is 14.9 Å². The monoisotopic (exact) mass is 195 g/mol. The third kappa shape index (κ3) is 3.50. The maximum absolute atomic E-state index is 4.31. The maximum Gasteiger partial charge on any atom is 0.108 e. The van der Waals surface area contributed by atoms with Gasteiger partial charge in [-0.15, -0.1) is 0 Å². The lowest BCUT2D eigenvalue weighted by Crippen LogP contribution is -2.21. The summed E-state index contributed by atoms with van der Waals surface area (Å²) in [5.41, 5.74) is 0. The zero-order valence-corrected chi connectivity index (χ0v) is 9.45. The minimum atomic E-state index is 0.728. The lowest BCUT2D eigenvalue weighted by molar-refractivity contribution is 0.481. The quantitative estimate of drug-likeness (QED) is 0.747. The topological polar surface area (TPSA) is 29.9 Å². The van der Waals surface area contributed by atoms with Crippen molar-refractivity contribution in [3.63, 3.8) is 0 Å². The van der Waals surface area contributed by atoms with Gasteiger partial charge in [-0.05, 0) is 25.4 Å².